The van der Waals surface area contributed by atoms with E-state index in [9.17, 15) is 9.18 Å². The van der Waals surface area contributed by atoms with Crippen molar-refractivity contribution in [2.24, 2.45) is 0 Å². The summed E-state index contributed by atoms with van der Waals surface area (Å²) >= 11 is 3.27. The molecule has 0 spiro atoms. The zero-order chi connectivity index (χ0) is 12.7. The number of carbonyl (C=O) groups is 1. The van der Waals surface area contributed by atoms with Gasteiger partial charge in [-0.1, -0.05) is 0 Å². The molecule has 7 heteroatoms. The molecule has 5 nitrogen and oxygen atoms in total. The number of halogens is 2. The van der Waals surface area contributed by atoms with E-state index in [1.54, 1.807) is 11.0 Å². The van der Waals surface area contributed by atoms with Crippen LogP contribution in [0.25, 0.3) is 11.0 Å². The summed E-state index contributed by atoms with van der Waals surface area (Å²) in [4.78, 5) is 17.5. The van der Waals surface area contributed by atoms with Gasteiger partial charge < -0.3 is 4.90 Å². The van der Waals surface area contributed by atoms with E-state index in [0.29, 0.717) is 5.52 Å². The predicted molar refractivity (Wildman–Crippen MR) is 66.4 cm³/mol. The molecule has 2 aromatic heterocycles. The Hall–Kier alpha value is -1.50. The van der Waals surface area contributed by atoms with Crippen molar-refractivity contribution in [1.82, 2.24) is 19.7 Å². The van der Waals surface area contributed by atoms with Crippen molar-refractivity contribution >= 4 is 32.9 Å². The molecule has 1 aliphatic rings. The fraction of sp³-hybridized carbons (Fsp3) is 0.364. The average molecular weight is 313 g/mol. The number of amides is 1. The number of rotatable bonds is 2. The zero-order valence-electron chi connectivity index (χ0n) is 9.44. The summed E-state index contributed by atoms with van der Waals surface area (Å²) in [6.45, 7) is 1.61. The molecule has 3 heterocycles. The second-order valence-electron chi connectivity index (χ2n) is 4.20. The van der Waals surface area contributed by atoms with Crippen LogP contribution in [0.5, 0.6) is 0 Å². The first-order chi connectivity index (χ1) is 8.65. The second-order valence-corrected chi connectivity index (χ2v) is 5.12. The lowest BCUT2D eigenvalue weighted by molar-refractivity contribution is -0.135. The lowest BCUT2D eigenvalue weighted by Crippen LogP contribution is -2.43. The fourth-order valence-electron chi connectivity index (χ4n) is 1.91. The maximum Gasteiger partial charge on any atom is 0.258 e. The fourth-order valence-corrected chi connectivity index (χ4v) is 2.22. The number of pyridine rings is 1. The minimum Gasteiger partial charge on any atom is -0.341 e. The zero-order valence-corrected chi connectivity index (χ0v) is 11.0. The van der Waals surface area contributed by atoms with Crippen molar-refractivity contribution < 1.29 is 9.18 Å². The van der Waals surface area contributed by atoms with Crippen LogP contribution in [0.3, 0.4) is 0 Å². The van der Waals surface area contributed by atoms with E-state index in [-0.39, 0.29) is 18.0 Å². The highest BCUT2D eigenvalue weighted by molar-refractivity contribution is 9.10. The molecule has 0 unspecified atom stereocenters. The molecule has 0 radical (unpaired) electrons. The minimum absolute atomic E-state index is 0.0365. The summed E-state index contributed by atoms with van der Waals surface area (Å²) in [5.74, 6) is -0.681. The van der Waals surface area contributed by atoms with Crippen molar-refractivity contribution in [3.63, 3.8) is 0 Å². The number of likely N-dealkylation sites (tertiary alicyclic amines) is 1. The van der Waals surface area contributed by atoms with Gasteiger partial charge in [0.05, 0.1) is 5.52 Å². The summed E-state index contributed by atoms with van der Waals surface area (Å²) < 4.78 is 15.6. The summed E-state index contributed by atoms with van der Waals surface area (Å²) in [6, 6.07) is 1.71. The number of hydrogen-bond donors (Lipinski definition) is 0. The van der Waals surface area contributed by atoms with Crippen molar-refractivity contribution in [1.29, 1.82) is 0 Å². The van der Waals surface area contributed by atoms with E-state index < -0.39 is 5.95 Å². The third-order valence-corrected chi connectivity index (χ3v) is 3.44. The van der Waals surface area contributed by atoms with Crippen LogP contribution in [0, 0.1) is 5.95 Å². The molecule has 0 bridgehead atoms. The topological polar surface area (TPSA) is 51.0 Å². The molecular formula is C11H10BrFN4O. The Morgan fingerprint density at radius 1 is 1.50 bits per heavy atom. The van der Waals surface area contributed by atoms with Crippen LogP contribution in [-0.2, 0) is 11.3 Å². The van der Waals surface area contributed by atoms with E-state index in [1.165, 1.54) is 10.9 Å². The normalized spacial score (nSPS) is 14.9. The monoisotopic (exact) mass is 312 g/mol. The van der Waals surface area contributed by atoms with Gasteiger partial charge in [0, 0.05) is 23.8 Å². The van der Waals surface area contributed by atoms with Gasteiger partial charge in [0.25, 0.3) is 5.95 Å². The van der Waals surface area contributed by atoms with Crippen LogP contribution in [0.2, 0.25) is 0 Å². The van der Waals surface area contributed by atoms with E-state index in [1.807, 2.05) is 0 Å². The van der Waals surface area contributed by atoms with Gasteiger partial charge in [-0.05, 0) is 28.4 Å². The highest BCUT2D eigenvalue weighted by atomic mass is 79.9. The standard InChI is InChI=1S/C11H10BrFN4O/c12-7-4-8-10(14-5-7)11(13)15-17(8)6-9(18)16-2-1-3-16/h4-5H,1-3,6H2. The SMILES string of the molecule is O=C(Cn1nc(F)c2ncc(Br)cc21)N1CCC1. The van der Waals surface area contributed by atoms with Crippen LogP contribution in [0.4, 0.5) is 4.39 Å². The van der Waals surface area contributed by atoms with Gasteiger partial charge in [0.15, 0.2) is 0 Å². The first-order valence-electron chi connectivity index (χ1n) is 5.60. The van der Waals surface area contributed by atoms with Gasteiger partial charge in [0.1, 0.15) is 12.1 Å². The summed E-state index contributed by atoms with van der Waals surface area (Å²) in [5.41, 5.74) is 0.713. The van der Waals surface area contributed by atoms with Crippen molar-refractivity contribution in [2.75, 3.05) is 13.1 Å². The molecule has 18 heavy (non-hydrogen) atoms. The van der Waals surface area contributed by atoms with Crippen molar-refractivity contribution in [2.45, 2.75) is 13.0 Å². The Balaban J connectivity index is 1.95. The third-order valence-electron chi connectivity index (χ3n) is 3.01. The molecule has 1 fully saturated rings. The van der Waals surface area contributed by atoms with E-state index in [4.69, 9.17) is 0 Å². The summed E-state index contributed by atoms with van der Waals surface area (Å²) in [5, 5.41) is 3.73. The molecule has 1 amide bonds. The molecule has 3 rings (SSSR count). The van der Waals surface area contributed by atoms with Crippen LogP contribution in [-0.4, -0.2) is 38.7 Å². The number of aromatic nitrogens is 3. The first-order valence-corrected chi connectivity index (χ1v) is 6.40. The Bertz CT molecular complexity index is 623. The molecule has 94 valence electrons. The van der Waals surface area contributed by atoms with Gasteiger partial charge >= 0.3 is 0 Å². The predicted octanol–water partition coefficient (Wildman–Crippen LogP) is 1.57. The molecule has 2 aromatic rings. The Morgan fingerprint density at radius 3 is 2.94 bits per heavy atom. The van der Waals surface area contributed by atoms with Gasteiger partial charge in [-0.2, -0.15) is 4.39 Å². The smallest absolute Gasteiger partial charge is 0.258 e. The molecule has 0 atom stereocenters. The van der Waals surface area contributed by atoms with Crippen molar-refractivity contribution in [3.05, 3.63) is 22.7 Å². The van der Waals surface area contributed by atoms with Gasteiger partial charge in [-0.15, -0.1) is 5.10 Å². The molecule has 0 N–H and O–H groups in total. The molecule has 0 aromatic carbocycles. The van der Waals surface area contributed by atoms with Gasteiger partial charge in [0.2, 0.25) is 5.91 Å². The van der Waals surface area contributed by atoms with Crippen LogP contribution >= 0.6 is 15.9 Å². The van der Waals surface area contributed by atoms with E-state index >= 15 is 0 Å². The largest absolute Gasteiger partial charge is 0.341 e. The first kappa shape index (κ1) is 11.6. The van der Waals surface area contributed by atoms with E-state index in [2.05, 4.69) is 26.0 Å². The molecular weight excluding hydrogens is 303 g/mol. The molecule has 1 aliphatic heterocycles. The molecule has 0 saturated carbocycles. The molecule has 1 saturated heterocycles. The van der Waals surface area contributed by atoms with Crippen LogP contribution in [0.1, 0.15) is 6.42 Å². The average Bonchev–Trinajstić information content (AvgIpc) is 2.52. The lowest BCUT2D eigenvalue weighted by Gasteiger charge is -2.30. The number of carbonyl (C=O) groups excluding carboxylic acids is 1. The Morgan fingerprint density at radius 2 is 2.28 bits per heavy atom. The molecule has 0 aliphatic carbocycles. The summed E-state index contributed by atoms with van der Waals surface area (Å²) in [7, 11) is 0. The number of fused-ring (bicyclic) bond motifs is 1. The van der Waals surface area contributed by atoms with Gasteiger partial charge in [-0.3, -0.25) is 9.48 Å². The third kappa shape index (κ3) is 1.88. The Kier molecular flexibility index (Phi) is 2.77. The summed E-state index contributed by atoms with van der Waals surface area (Å²) in [6.07, 6.45) is 2.54. The van der Waals surface area contributed by atoms with Crippen LogP contribution < -0.4 is 0 Å². The quantitative estimate of drug-likeness (QED) is 0.845. The maximum absolute atomic E-state index is 13.6. The van der Waals surface area contributed by atoms with Gasteiger partial charge in [-0.25, -0.2) is 4.98 Å². The van der Waals surface area contributed by atoms with Crippen molar-refractivity contribution in [3.8, 4) is 0 Å². The highest BCUT2D eigenvalue weighted by Crippen LogP contribution is 2.20. The van der Waals surface area contributed by atoms with E-state index in [0.717, 1.165) is 24.0 Å². The Labute approximate surface area is 111 Å². The maximum atomic E-state index is 13.6. The number of nitrogens with zero attached hydrogens (tertiary/aromatic N) is 4. The highest BCUT2D eigenvalue weighted by Gasteiger charge is 2.22. The second kappa shape index (κ2) is 4.31. The minimum atomic E-state index is -0.645. The van der Waals surface area contributed by atoms with Crippen LogP contribution in [0.15, 0.2) is 16.7 Å². The number of hydrogen-bond acceptors (Lipinski definition) is 3. The lowest BCUT2D eigenvalue weighted by atomic mass is 10.2.